The summed E-state index contributed by atoms with van der Waals surface area (Å²) in [5, 5.41) is 8.29. The van der Waals surface area contributed by atoms with Crippen molar-refractivity contribution in [3.8, 4) is 0 Å². The molecule has 1 saturated heterocycles. The van der Waals surface area contributed by atoms with Crippen LogP contribution >= 0.6 is 0 Å². The van der Waals surface area contributed by atoms with Crippen LogP contribution in [0.1, 0.15) is 37.8 Å². The van der Waals surface area contributed by atoms with Gasteiger partial charge < -0.3 is 15.0 Å². The molecule has 1 aliphatic heterocycles. The number of likely N-dealkylation sites (tertiary alicyclic amines) is 1. The number of carbonyl (C=O) groups excluding carboxylic acids is 1. The molecule has 2 fully saturated rings. The van der Waals surface area contributed by atoms with Crippen molar-refractivity contribution in [3.05, 3.63) is 18.0 Å². The van der Waals surface area contributed by atoms with Gasteiger partial charge in [0.15, 0.2) is 5.65 Å². The quantitative estimate of drug-likeness (QED) is 0.930. The lowest BCUT2D eigenvalue weighted by Crippen LogP contribution is -2.44. The molecule has 2 aromatic rings. The van der Waals surface area contributed by atoms with E-state index in [2.05, 4.69) is 15.4 Å². The molecule has 0 radical (unpaired) electrons. The minimum Gasteiger partial charge on any atom is -0.375 e. The van der Waals surface area contributed by atoms with Crippen molar-refractivity contribution in [2.24, 2.45) is 7.05 Å². The fourth-order valence-electron chi connectivity index (χ4n) is 3.55. The van der Waals surface area contributed by atoms with Gasteiger partial charge in [-0.25, -0.2) is 9.78 Å². The minimum atomic E-state index is -0.0650. The second-order valence-electron chi connectivity index (χ2n) is 7.11. The van der Waals surface area contributed by atoms with Crippen molar-refractivity contribution in [1.82, 2.24) is 19.7 Å². The van der Waals surface area contributed by atoms with Crippen LogP contribution in [0.15, 0.2) is 12.3 Å². The zero-order valence-corrected chi connectivity index (χ0v) is 14.9. The van der Waals surface area contributed by atoms with Crippen LogP contribution in [-0.4, -0.2) is 51.0 Å². The van der Waals surface area contributed by atoms with Crippen molar-refractivity contribution in [1.29, 1.82) is 0 Å². The number of hydrogen-bond donors (Lipinski definition) is 1. The highest BCUT2D eigenvalue weighted by molar-refractivity contribution is 5.92. The number of rotatable bonds is 3. The third kappa shape index (κ3) is 3.33. The Bertz CT molecular complexity index is 775. The Labute approximate surface area is 147 Å². The Balaban J connectivity index is 1.35. The van der Waals surface area contributed by atoms with Crippen molar-refractivity contribution >= 4 is 22.8 Å². The van der Waals surface area contributed by atoms with Crippen LogP contribution in [0.2, 0.25) is 0 Å². The van der Waals surface area contributed by atoms with E-state index in [9.17, 15) is 4.79 Å². The van der Waals surface area contributed by atoms with Crippen molar-refractivity contribution < 1.29 is 9.53 Å². The number of piperidine rings is 1. The lowest BCUT2D eigenvalue weighted by molar-refractivity contribution is -0.0694. The minimum absolute atomic E-state index is 0.0650. The normalized spacial score (nSPS) is 19.2. The summed E-state index contributed by atoms with van der Waals surface area (Å²) in [6.07, 6.45) is 7.99. The van der Waals surface area contributed by atoms with E-state index in [-0.39, 0.29) is 6.03 Å². The number of amides is 2. The Kier molecular flexibility index (Phi) is 4.33. The summed E-state index contributed by atoms with van der Waals surface area (Å²) in [6.45, 7) is 3.43. The predicted octanol–water partition coefficient (Wildman–Crippen LogP) is 2.84. The number of fused-ring (bicyclic) bond motifs is 1. The third-order valence-electron chi connectivity index (χ3n) is 5.28. The summed E-state index contributed by atoms with van der Waals surface area (Å²) in [4.78, 5) is 18.8. The molecule has 0 spiro atoms. The molecule has 2 amide bonds. The van der Waals surface area contributed by atoms with Crippen LogP contribution in [0.3, 0.4) is 0 Å². The maximum Gasteiger partial charge on any atom is 0.321 e. The molecule has 3 heterocycles. The van der Waals surface area contributed by atoms with Gasteiger partial charge in [-0.1, -0.05) is 0 Å². The van der Waals surface area contributed by atoms with Crippen molar-refractivity contribution in [3.63, 3.8) is 0 Å². The molecule has 1 aliphatic carbocycles. The number of ether oxygens (including phenoxy) is 1. The maximum absolute atomic E-state index is 12.5. The Morgan fingerprint density at radius 1 is 1.24 bits per heavy atom. The van der Waals surface area contributed by atoms with E-state index in [0.717, 1.165) is 42.7 Å². The summed E-state index contributed by atoms with van der Waals surface area (Å²) in [7, 11) is 1.87. The number of aryl methyl sites for hydroxylation is 2. The van der Waals surface area contributed by atoms with E-state index in [0.29, 0.717) is 17.9 Å². The van der Waals surface area contributed by atoms with E-state index in [1.54, 1.807) is 10.9 Å². The van der Waals surface area contributed by atoms with Gasteiger partial charge in [-0.2, -0.15) is 5.10 Å². The van der Waals surface area contributed by atoms with E-state index < -0.39 is 0 Å². The molecular weight excluding hydrogens is 318 g/mol. The SMILES string of the molecule is Cc1nn(C)c2ncc(NC(=O)N3CCC(OC4CCC4)CC3)cc12. The largest absolute Gasteiger partial charge is 0.375 e. The molecule has 2 aliphatic rings. The zero-order valence-electron chi connectivity index (χ0n) is 14.9. The molecule has 134 valence electrons. The lowest BCUT2D eigenvalue weighted by atomic mass is 9.95. The first-order valence-corrected chi connectivity index (χ1v) is 9.11. The van der Waals surface area contributed by atoms with E-state index in [4.69, 9.17) is 4.74 Å². The fourth-order valence-corrected chi connectivity index (χ4v) is 3.55. The van der Waals surface area contributed by atoms with Crippen molar-refractivity contribution in [2.75, 3.05) is 18.4 Å². The number of nitrogens with zero attached hydrogens (tertiary/aromatic N) is 4. The average Bonchev–Trinajstić information content (AvgIpc) is 2.85. The molecular formula is C18H25N5O2. The Hall–Kier alpha value is -2.15. The number of carbonyl (C=O) groups is 1. The molecule has 0 unspecified atom stereocenters. The summed E-state index contributed by atoms with van der Waals surface area (Å²) in [5.41, 5.74) is 2.45. The van der Waals surface area contributed by atoms with Crippen LogP contribution in [0.5, 0.6) is 0 Å². The molecule has 0 bridgehead atoms. The standard InChI is InChI=1S/C18H25N5O2/c1-12-16-10-13(11-19-17(16)22(2)21-12)20-18(24)23-8-6-15(7-9-23)25-14-4-3-5-14/h10-11,14-15H,3-9H2,1-2H3,(H,20,24). The molecule has 0 atom stereocenters. The molecule has 7 heteroatoms. The number of nitrogens with one attached hydrogen (secondary N) is 1. The summed E-state index contributed by atoms with van der Waals surface area (Å²) < 4.78 is 7.81. The number of hydrogen-bond acceptors (Lipinski definition) is 4. The summed E-state index contributed by atoms with van der Waals surface area (Å²) in [6, 6.07) is 1.87. The highest BCUT2D eigenvalue weighted by Gasteiger charge is 2.27. The highest BCUT2D eigenvalue weighted by Crippen LogP contribution is 2.27. The average molecular weight is 343 g/mol. The second-order valence-corrected chi connectivity index (χ2v) is 7.11. The fraction of sp³-hybridized carbons (Fsp3) is 0.611. The topological polar surface area (TPSA) is 72.3 Å². The van der Waals surface area contributed by atoms with Crippen LogP contribution in [0.4, 0.5) is 10.5 Å². The molecule has 25 heavy (non-hydrogen) atoms. The first-order chi connectivity index (χ1) is 12.1. The molecule has 1 N–H and O–H groups in total. The van der Waals surface area contributed by atoms with Crippen LogP contribution in [-0.2, 0) is 11.8 Å². The Morgan fingerprint density at radius 3 is 2.64 bits per heavy atom. The van der Waals surface area contributed by atoms with Gasteiger partial charge in [-0.15, -0.1) is 0 Å². The molecule has 0 aromatic carbocycles. The third-order valence-corrected chi connectivity index (χ3v) is 5.28. The van der Waals surface area contributed by atoms with Gasteiger partial charge in [-0.3, -0.25) is 4.68 Å². The van der Waals surface area contributed by atoms with Crippen LogP contribution < -0.4 is 5.32 Å². The number of anilines is 1. The van der Waals surface area contributed by atoms with Gasteiger partial charge in [0.1, 0.15) is 0 Å². The molecule has 2 aromatic heterocycles. The van der Waals surface area contributed by atoms with Crippen molar-refractivity contribution in [2.45, 2.75) is 51.2 Å². The predicted molar refractivity (Wildman–Crippen MR) is 95.6 cm³/mol. The first kappa shape index (κ1) is 16.3. The Morgan fingerprint density at radius 2 is 1.96 bits per heavy atom. The molecule has 4 rings (SSSR count). The first-order valence-electron chi connectivity index (χ1n) is 9.11. The zero-order chi connectivity index (χ0) is 17.4. The van der Waals surface area contributed by atoms with Gasteiger partial charge in [0.25, 0.3) is 0 Å². The maximum atomic E-state index is 12.5. The van der Waals surface area contributed by atoms with E-state index in [1.807, 2.05) is 24.9 Å². The van der Waals surface area contributed by atoms with E-state index in [1.165, 1.54) is 19.3 Å². The second kappa shape index (κ2) is 6.63. The van der Waals surface area contributed by atoms with Gasteiger partial charge in [0, 0.05) is 25.5 Å². The van der Waals surface area contributed by atoms with Crippen LogP contribution in [0, 0.1) is 6.92 Å². The van der Waals surface area contributed by atoms with Crippen LogP contribution in [0.25, 0.3) is 11.0 Å². The lowest BCUT2D eigenvalue weighted by Gasteiger charge is -2.36. The molecule has 7 nitrogen and oxygen atoms in total. The van der Waals surface area contributed by atoms with E-state index >= 15 is 0 Å². The van der Waals surface area contributed by atoms with Gasteiger partial charge in [0.05, 0.1) is 29.8 Å². The van der Waals surface area contributed by atoms with Gasteiger partial charge >= 0.3 is 6.03 Å². The number of urea groups is 1. The highest BCUT2D eigenvalue weighted by atomic mass is 16.5. The summed E-state index contributed by atoms with van der Waals surface area (Å²) >= 11 is 0. The summed E-state index contributed by atoms with van der Waals surface area (Å²) in [5.74, 6) is 0. The van der Waals surface area contributed by atoms with Gasteiger partial charge in [-0.05, 0) is 45.1 Å². The molecule has 1 saturated carbocycles. The smallest absolute Gasteiger partial charge is 0.321 e. The van der Waals surface area contributed by atoms with Gasteiger partial charge in [0.2, 0.25) is 0 Å². The number of pyridine rings is 1. The monoisotopic (exact) mass is 343 g/mol. The number of aromatic nitrogens is 3.